The first-order valence-corrected chi connectivity index (χ1v) is 8.55. The Kier molecular flexibility index (Phi) is 4.42. The lowest BCUT2D eigenvalue weighted by atomic mass is 10.1. The van der Waals surface area contributed by atoms with E-state index in [0.29, 0.717) is 36.1 Å². The van der Waals surface area contributed by atoms with Gasteiger partial charge in [0.05, 0.1) is 0 Å². The molecule has 0 saturated carbocycles. The Balaban J connectivity index is 1.37. The second-order valence-electron chi connectivity index (χ2n) is 6.20. The van der Waals surface area contributed by atoms with Crippen LogP contribution in [-0.4, -0.2) is 36.7 Å². The maximum absolute atomic E-state index is 12.2. The molecular weight excluding hydrogens is 348 g/mol. The van der Waals surface area contributed by atoms with E-state index < -0.39 is 11.9 Å². The number of benzene rings is 2. The molecule has 2 heterocycles. The van der Waals surface area contributed by atoms with E-state index in [4.69, 9.17) is 14.2 Å². The summed E-state index contributed by atoms with van der Waals surface area (Å²) in [5, 5.41) is 3.62. The van der Waals surface area contributed by atoms with Gasteiger partial charge in [-0.2, -0.15) is 0 Å². The van der Waals surface area contributed by atoms with Crippen molar-refractivity contribution in [1.29, 1.82) is 0 Å². The third-order valence-corrected chi connectivity index (χ3v) is 4.26. The number of aromatic nitrogens is 1. The second-order valence-corrected chi connectivity index (χ2v) is 6.20. The zero-order chi connectivity index (χ0) is 18.8. The number of hydrogen-bond donors (Lipinski definition) is 2. The first-order chi connectivity index (χ1) is 13.1. The van der Waals surface area contributed by atoms with Gasteiger partial charge in [0.2, 0.25) is 0 Å². The average molecular weight is 366 g/mol. The lowest BCUT2D eigenvalue weighted by molar-refractivity contribution is -0.119. The van der Waals surface area contributed by atoms with Crippen LogP contribution < -0.4 is 14.8 Å². The van der Waals surface area contributed by atoms with Crippen LogP contribution in [0.5, 0.6) is 11.5 Å². The molecule has 0 radical (unpaired) electrons. The van der Waals surface area contributed by atoms with Crippen molar-refractivity contribution in [2.75, 3.05) is 25.1 Å². The molecule has 0 atom stereocenters. The Hall–Kier alpha value is -3.48. The van der Waals surface area contributed by atoms with Crippen molar-refractivity contribution in [1.82, 2.24) is 4.98 Å². The van der Waals surface area contributed by atoms with Crippen molar-refractivity contribution in [2.24, 2.45) is 0 Å². The number of ether oxygens (including phenoxy) is 3. The number of carbonyl (C=O) groups is 2. The first kappa shape index (κ1) is 17.0. The fourth-order valence-electron chi connectivity index (χ4n) is 2.94. The van der Waals surface area contributed by atoms with Crippen molar-refractivity contribution in [3.8, 4) is 11.5 Å². The molecule has 0 spiro atoms. The number of aromatic amines is 1. The van der Waals surface area contributed by atoms with E-state index in [2.05, 4.69) is 10.3 Å². The lowest BCUT2D eigenvalue weighted by Crippen LogP contribution is -2.21. The molecule has 1 amide bonds. The van der Waals surface area contributed by atoms with Crippen LogP contribution in [0.25, 0.3) is 10.9 Å². The molecule has 3 aromatic rings. The maximum Gasteiger partial charge on any atom is 0.355 e. The molecule has 0 fully saturated rings. The summed E-state index contributed by atoms with van der Waals surface area (Å²) in [6.07, 6.45) is 0. The summed E-state index contributed by atoms with van der Waals surface area (Å²) >= 11 is 0. The Labute approximate surface area is 155 Å². The SMILES string of the molecule is Cc1cccc2[nH]c(C(=O)OCC(=O)Nc3ccc4c(c3)OCCO4)cc12. The highest BCUT2D eigenvalue weighted by Gasteiger charge is 2.15. The minimum Gasteiger partial charge on any atom is -0.486 e. The molecule has 2 N–H and O–H groups in total. The molecule has 0 aliphatic carbocycles. The van der Waals surface area contributed by atoms with E-state index in [1.54, 1.807) is 24.3 Å². The van der Waals surface area contributed by atoms with Crippen molar-refractivity contribution >= 4 is 28.5 Å². The van der Waals surface area contributed by atoms with Gasteiger partial charge in [-0.1, -0.05) is 12.1 Å². The van der Waals surface area contributed by atoms with E-state index in [-0.39, 0.29) is 6.61 Å². The van der Waals surface area contributed by atoms with Crippen LogP contribution in [0.1, 0.15) is 16.1 Å². The van der Waals surface area contributed by atoms with Gasteiger partial charge < -0.3 is 24.5 Å². The van der Waals surface area contributed by atoms with E-state index in [1.165, 1.54) is 0 Å². The fraction of sp³-hybridized carbons (Fsp3) is 0.200. The monoisotopic (exact) mass is 366 g/mol. The number of nitrogens with one attached hydrogen (secondary N) is 2. The van der Waals surface area contributed by atoms with Gasteiger partial charge in [-0.05, 0) is 36.8 Å². The number of hydrogen-bond acceptors (Lipinski definition) is 5. The molecule has 138 valence electrons. The zero-order valence-corrected chi connectivity index (χ0v) is 14.7. The molecule has 0 bridgehead atoms. The van der Waals surface area contributed by atoms with E-state index in [1.807, 2.05) is 25.1 Å². The Morgan fingerprint density at radius 1 is 1.11 bits per heavy atom. The topological polar surface area (TPSA) is 89.7 Å². The van der Waals surface area contributed by atoms with Crippen molar-refractivity contribution in [3.63, 3.8) is 0 Å². The van der Waals surface area contributed by atoms with E-state index >= 15 is 0 Å². The van der Waals surface area contributed by atoms with Gasteiger partial charge in [-0.3, -0.25) is 4.79 Å². The summed E-state index contributed by atoms with van der Waals surface area (Å²) in [6.45, 7) is 2.54. The summed E-state index contributed by atoms with van der Waals surface area (Å²) in [4.78, 5) is 27.3. The maximum atomic E-state index is 12.2. The number of anilines is 1. The minimum absolute atomic E-state index is 0.312. The molecular formula is C20H18N2O5. The van der Waals surface area contributed by atoms with Gasteiger partial charge >= 0.3 is 5.97 Å². The number of esters is 1. The predicted octanol–water partition coefficient (Wildman–Crippen LogP) is 3.04. The molecule has 4 rings (SSSR count). The van der Waals surface area contributed by atoms with Gasteiger partial charge in [0, 0.05) is 22.7 Å². The number of H-pyrrole nitrogens is 1. The van der Waals surface area contributed by atoms with Crippen molar-refractivity contribution < 1.29 is 23.8 Å². The van der Waals surface area contributed by atoms with Crippen LogP contribution in [0.2, 0.25) is 0 Å². The highest BCUT2D eigenvalue weighted by molar-refractivity contribution is 5.98. The molecule has 1 aliphatic heterocycles. The van der Waals surface area contributed by atoms with Crippen LogP contribution >= 0.6 is 0 Å². The molecule has 7 heteroatoms. The van der Waals surface area contributed by atoms with Crippen molar-refractivity contribution in [3.05, 3.63) is 53.7 Å². The molecule has 1 aliphatic rings. The van der Waals surface area contributed by atoms with Gasteiger partial charge in [0.25, 0.3) is 5.91 Å². The highest BCUT2D eigenvalue weighted by Crippen LogP contribution is 2.32. The smallest absolute Gasteiger partial charge is 0.355 e. The van der Waals surface area contributed by atoms with Gasteiger partial charge in [0.15, 0.2) is 18.1 Å². The first-order valence-electron chi connectivity index (χ1n) is 8.55. The normalized spacial score (nSPS) is 12.6. The summed E-state index contributed by atoms with van der Waals surface area (Å²) in [5.41, 5.74) is 2.76. The van der Waals surface area contributed by atoms with Crippen LogP contribution in [0.4, 0.5) is 5.69 Å². The number of aryl methyl sites for hydroxylation is 1. The standard InChI is InChI=1S/C20H18N2O5/c1-12-3-2-4-15-14(12)10-16(22-15)20(24)27-11-19(23)21-13-5-6-17-18(9-13)26-8-7-25-17/h2-6,9-10,22H,7-8,11H2,1H3,(H,21,23). The number of fused-ring (bicyclic) bond motifs is 2. The van der Waals surface area contributed by atoms with Gasteiger partial charge in [0.1, 0.15) is 18.9 Å². The molecule has 27 heavy (non-hydrogen) atoms. The summed E-state index contributed by atoms with van der Waals surface area (Å²) in [5.74, 6) is 0.194. The number of carbonyl (C=O) groups excluding carboxylic acids is 2. The fourth-order valence-corrected chi connectivity index (χ4v) is 2.94. The highest BCUT2D eigenvalue weighted by atomic mass is 16.6. The Morgan fingerprint density at radius 3 is 2.74 bits per heavy atom. The minimum atomic E-state index is -0.581. The molecule has 7 nitrogen and oxygen atoms in total. The van der Waals surface area contributed by atoms with Crippen LogP contribution in [-0.2, 0) is 9.53 Å². The average Bonchev–Trinajstić information content (AvgIpc) is 3.12. The Morgan fingerprint density at radius 2 is 1.93 bits per heavy atom. The van der Waals surface area contributed by atoms with E-state index in [9.17, 15) is 9.59 Å². The third-order valence-electron chi connectivity index (χ3n) is 4.26. The lowest BCUT2D eigenvalue weighted by Gasteiger charge is -2.18. The Bertz CT molecular complexity index is 1020. The third kappa shape index (κ3) is 3.57. The summed E-state index contributed by atoms with van der Waals surface area (Å²) in [7, 11) is 0. The van der Waals surface area contributed by atoms with Crippen LogP contribution in [0.15, 0.2) is 42.5 Å². The summed E-state index contributed by atoms with van der Waals surface area (Å²) < 4.78 is 16.0. The molecule has 2 aromatic carbocycles. The predicted molar refractivity (Wildman–Crippen MR) is 99.4 cm³/mol. The van der Waals surface area contributed by atoms with Crippen LogP contribution in [0.3, 0.4) is 0 Å². The van der Waals surface area contributed by atoms with E-state index in [0.717, 1.165) is 16.5 Å². The van der Waals surface area contributed by atoms with Crippen molar-refractivity contribution in [2.45, 2.75) is 6.92 Å². The van der Waals surface area contributed by atoms with Gasteiger partial charge in [-0.15, -0.1) is 0 Å². The number of amides is 1. The largest absolute Gasteiger partial charge is 0.486 e. The molecule has 1 aromatic heterocycles. The molecule has 0 unspecified atom stereocenters. The second kappa shape index (κ2) is 7.03. The number of rotatable bonds is 4. The van der Waals surface area contributed by atoms with Gasteiger partial charge in [-0.25, -0.2) is 4.79 Å². The summed E-state index contributed by atoms with van der Waals surface area (Å²) in [6, 6.07) is 12.6. The quantitative estimate of drug-likeness (QED) is 0.693. The molecule has 0 saturated heterocycles. The van der Waals surface area contributed by atoms with Crippen LogP contribution in [0, 0.1) is 6.92 Å². The zero-order valence-electron chi connectivity index (χ0n) is 14.7.